The molecule has 0 aliphatic heterocycles. The predicted octanol–water partition coefficient (Wildman–Crippen LogP) is 1.14. The number of amides is 1. The minimum absolute atomic E-state index is 0.0362. The van der Waals surface area contributed by atoms with Crippen molar-refractivity contribution in [2.75, 3.05) is 6.61 Å². The third-order valence-electron chi connectivity index (χ3n) is 1.34. The van der Waals surface area contributed by atoms with Gasteiger partial charge < -0.3 is 0 Å². The topological polar surface area (TPSA) is 51.2 Å². The summed E-state index contributed by atoms with van der Waals surface area (Å²) in [6.07, 6.45) is 7.98. The standard InChI is InChI=1S/C9H7BrN2O2/c1-2-5-14-12-9(13)7-3-4-11-6-8(7)10/h1,3-4,6H,5H2,(H,12,13). The van der Waals surface area contributed by atoms with Crippen LogP contribution in [0.4, 0.5) is 0 Å². The molecule has 1 aromatic rings. The van der Waals surface area contributed by atoms with Crippen LogP contribution in [0.3, 0.4) is 0 Å². The van der Waals surface area contributed by atoms with Gasteiger partial charge in [-0.1, -0.05) is 5.92 Å². The molecule has 1 heterocycles. The number of hydroxylamine groups is 1. The summed E-state index contributed by atoms with van der Waals surface area (Å²) >= 11 is 3.19. The van der Waals surface area contributed by atoms with Gasteiger partial charge in [0.05, 0.1) is 5.56 Å². The first-order chi connectivity index (χ1) is 6.75. The second-order valence-electron chi connectivity index (χ2n) is 2.28. The van der Waals surface area contributed by atoms with Gasteiger partial charge in [0.1, 0.15) is 6.61 Å². The van der Waals surface area contributed by atoms with Gasteiger partial charge in [0.25, 0.3) is 5.91 Å². The first-order valence-corrected chi connectivity index (χ1v) is 4.50. The van der Waals surface area contributed by atoms with Crippen molar-refractivity contribution in [1.29, 1.82) is 0 Å². The molecule has 72 valence electrons. The number of aromatic nitrogens is 1. The fourth-order valence-electron chi connectivity index (χ4n) is 0.758. The highest BCUT2D eigenvalue weighted by Gasteiger charge is 2.08. The van der Waals surface area contributed by atoms with Gasteiger partial charge in [-0.15, -0.1) is 6.42 Å². The zero-order valence-corrected chi connectivity index (χ0v) is 8.74. The van der Waals surface area contributed by atoms with Gasteiger partial charge in [-0.3, -0.25) is 14.6 Å². The molecule has 0 fully saturated rings. The normalized spacial score (nSPS) is 9.14. The Morgan fingerprint density at radius 2 is 2.57 bits per heavy atom. The van der Waals surface area contributed by atoms with Crippen LogP contribution in [0.5, 0.6) is 0 Å². The Kier molecular flexibility index (Phi) is 4.11. The van der Waals surface area contributed by atoms with Crippen LogP contribution in [0, 0.1) is 12.3 Å². The minimum Gasteiger partial charge on any atom is -0.267 e. The van der Waals surface area contributed by atoms with E-state index in [4.69, 9.17) is 6.42 Å². The molecule has 0 spiro atoms. The molecule has 0 atom stereocenters. The Bertz CT molecular complexity index is 373. The van der Waals surface area contributed by atoms with E-state index in [-0.39, 0.29) is 12.5 Å². The number of carbonyl (C=O) groups is 1. The lowest BCUT2D eigenvalue weighted by Gasteiger charge is -2.03. The second kappa shape index (κ2) is 5.37. The van der Waals surface area contributed by atoms with Crippen LogP contribution in [0.25, 0.3) is 0 Å². The van der Waals surface area contributed by atoms with Gasteiger partial charge in [-0.25, -0.2) is 5.48 Å². The molecule has 0 aliphatic carbocycles. The van der Waals surface area contributed by atoms with Crippen molar-refractivity contribution < 1.29 is 9.63 Å². The maximum atomic E-state index is 11.4. The number of nitrogens with zero attached hydrogens (tertiary/aromatic N) is 1. The molecule has 0 unspecified atom stereocenters. The van der Waals surface area contributed by atoms with Crippen molar-refractivity contribution in [1.82, 2.24) is 10.5 Å². The van der Waals surface area contributed by atoms with E-state index in [9.17, 15) is 4.79 Å². The monoisotopic (exact) mass is 254 g/mol. The highest BCUT2D eigenvalue weighted by Crippen LogP contribution is 2.13. The highest BCUT2D eigenvalue weighted by molar-refractivity contribution is 9.10. The average Bonchev–Trinajstić information content (AvgIpc) is 2.18. The number of carbonyl (C=O) groups excluding carboxylic acids is 1. The number of hydrogen-bond donors (Lipinski definition) is 1. The molecule has 0 aromatic carbocycles. The van der Waals surface area contributed by atoms with E-state index >= 15 is 0 Å². The van der Waals surface area contributed by atoms with E-state index in [1.165, 1.54) is 12.4 Å². The Labute approximate surface area is 89.8 Å². The maximum absolute atomic E-state index is 11.4. The molecular formula is C9H7BrN2O2. The summed E-state index contributed by atoms with van der Waals surface area (Å²) in [5, 5.41) is 0. The summed E-state index contributed by atoms with van der Waals surface area (Å²) in [7, 11) is 0. The zero-order valence-electron chi connectivity index (χ0n) is 7.16. The molecule has 1 rings (SSSR count). The van der Waals surface area contributed by atoms with E-state index in [1.807, 2.05) is 0 Å². The number of hydrogen-bond acceptors (Lipinski definition) is 3. The van der Waals surface area contributed by atoms with Gasteiger partial charge in [-0.05, 0) is 22.0 Å². The van der Waals surface area contributed by atoms with Crippen LogP contribution in [0.15, 0.2) is 22.9 Å². The van der Waals surface area contributed by atoms with E-state index < -0.39 is 0 Å². The van der Waals surface area contributed by atoms with Gasteiger partial charge in [0, 0.05) is 16.9 Å². The summed E-state index contributed by atoms with van der Waals surface area (Å²) in [5.74, 6) is 1.86. The smallest absolute Gasteiger partial charge is 0.267 e. The van der Waals surface area contributed by atoms with E-state index in [0.29, 0.717) is 10.0 Å². The summed E-state index contributed by atoms with van der Waals surface area (Å²) in [5.41, 5.74) is 2.64. The number of rotatable bonds is 3. The van der Waals surface area contributed by atoms with E-state index in [0.717, 1.165) is 0 Å². The summed E-state index contributed by atoms with van der Waals surface area (Å²) in [6, 6.07) is 1.57. The largest absolute Gasteiger partial charge is 0.276 e. The summed E-state index contributed by atoms with van der Waals surface area (Å²) in [6.45, 7) is 0.0362. The molecule has 1 amide bonds. The number of terminal acetylenes is 1. The fourth-order valence-corrected chi connectivity index (χ4v) is 1.19. The first-order valence-electron chi connectivity index (χ1n) is 3.71. The SMILES string of the molecule is C#CCONC(=O)c1ccncc1Br. The molecule has 0 saturated heterocycles. The van der Waals surface area contributed by atoms with Gasteiger partial charge >= 0.3 is 0 Å². The molecule has 0 bridgehead atoms. The van der Waals surface area contributed by atoms with Crippen LogP contribution >= 0.6 is 15.9 Å². The Balaban J connectivity index is 2.62. The van der Waals surface area contributed by atoms with Gasteiger partial charge in [-0.2, -0.15) is 0 Å². The minimum atomic E-state index is -0.366. The van der Waals surface area contributed by atoms with Crippen molar-refractivity contribution in [2.24, 2.45) is 0 Å². The number of nitrogens with one attached hydrogen (secondary N) is 1. The second-order valence-corrected chi connectivity index (χ2v) is 3.13. The molecule has 1 aromatic heterocycles. The average molecular weight is 255 g/mol. The van der Waals surface area contributed by atoms with Crippen LogP contribution in [-0.2, 0) is 4.84 Å². The Morgan fingerprint density at radius 3 is 3.21 bits per heavy atom. The fraction of sp³-hybridized carbons (Fsp3) is 0.111. The van der Waals surface area contributed by atoms with Gasteiger partial charge in [0.2, 0.25) is 0 Å². The third kappa shape index (κ3) is 2.83. The van der Waals surface area contributed by atoms with Crippen molar-refractivity contribution in [3.05, 3.63) is 28.5 Å². The molecule has 5 heteroatoms. The zero-order chi connectivity index (χ0) is 10.4. The first kappa shape index (κ1) is 10.7. The van der Waals surface area contributed by atoms with Crippen molar-refractivity contribution in [2.45, 2.75) is 0 Å². The van der Waals surface area contributed by atoms with Crippen molar-refractivity contribution >= 4 is 21.8 Å². The summed E-state index contributed by atoms with van der Waals surface area (Å²) in [4.78, 5) is 19.9. The van der Waals surface area contributed by atoms with Crippen molar-refractivity contribution in [3.8, 4) is 12.3 Å². The molecule has 0 radical (unpaired) electrons. The predicted molar refractivity (Wildman–Crippen MR) is 54.2 cm³/mol. The number of halogens is 1. The maximum Gasteiger partial charge on any atom is 0.276 e. The van der Waals surface area contributed by atoms with E-state index in [1.54, 1.807) is 6.07 Å². The molecule has 0 aliphatic rings. The van der Waals surface area contributed by atoms with Crippen molar-refractivity contribution in [3.63, 3.8) is 0 Å². The third-order valence-corrected chi connectivity index (χ3v) is 1.97. The van der Waals surface area contributed by atoms with Gasteiger partial charge in [0.15, 0.2) is 0 Å². The lowest BCUT2D eigenvalue weighted by atomic mass is 10.3. The van der Waals surface area contributed by atoms with Crippen LogP contribution < -0.4 is 5.48 Å². The lowest BCUT2D eigenvalue weighted by molar-refractivity contribution is 0.0437. The lowest BCUT2D eigenvalue weighted by Crippen LogP contribution is -2.24. The highest BCUT2D eigenvalue weighted by atomic mass is 79.9. The molecule has 1 N–H and O–H groups in total. The Morgan fingerprint density at radius 1 is 1.79 bits per heavy atom. The quantitative estimate of drug-likeness (QED) is 0.500. The van der Waals surface area contributed by atoms with Crippen LogP contribution in [0.2, 0.25) is 0 Å². The molecular weight excluding hydrogens is 248 g/mol. The number of pyridine rings is 1. The van der Waals surface area contributed by atoms with Crippen LogP contribution in [-0.4, -0.2) is 17.5 Å². The Hall–Kier alpha value is -1.38. The molecule has 14 heavy (non-hydrogen) atoms. The molecule has 0 saturated carbocycles. The molecule has 4 nitrogen and oxygen atoms in total. The summed E-state index contributed by atoms with van der Waals surface area (Å²) < 4.78 is 0.599. The van der Waals surface area contributed by atoms with Crippen LogP contribution in [0.1, 0.15) is 10.4 Å². The van der Waals surface area contributed by atoms with E-state index in [2.05, 4.69) is 37.2 Å².